The number of aryl methyl sites for hydroxylation is 1. The van der Waals surface area contributed by atoms with Crippen molar-refractivity contribution < 1.29 is 4.92 Å². The maximum atomic E-state index is 10.6. The van der Waals surface area contributed by atoms with E-state index in [0.29, 0.717) is 5.65 Å². The second kappa shape index (κ2) is 4.16. The molecule has 0 aliphatic rings. The van der Waals surface area contributed by atoms with Crippen molar-refractivity contribution in [2.45, 2.75) is 0 Å². The van der Waals surface area contributed by atoms with Crippen molar-refractivity contribution in [3.05, 3.63) is 52.7 Å². The van der Waals surface area contributed by atoms with Gasteiger partial charge in [0.1, 0.15) is 5.82 Å². The van der Waals surface area contributed by atoms with Crippen LogP contribution in [0.25, 0.3) is 22.6 Å². The van der Waals surface area contributed by atoms with Crippen LogP contribution in [-0.4, -0.2) is 19.5 Å². The first-order valence-corrected chi connectivity index (χ1v) is 5.69. The van der Waals surface area contributed by atoms with Gasteiger partial charge in [0, 0.05) is 30.9 Å². The first kappa shape index (κ1) is 11.3. The summed E-state index contributed by atoms with van der Waals surface area (Å²) < 4.78 is 1.92. The summed E-state index contributed by atoms with van der Waals surface area (Å²) in [6, 6.07) is 10.1. The second-order valence-electron chi connectivity index (χ2n) is 4.14. The number of imidazole rings is 1. The Labute approximate surface area is 108 Å². The molecule has 19 heavy (non-hydrogen) atoms. The van der Waals surface area contributed by atoms with Crippen LogP contribution in [0.2, 0.25) is 0 Å². The lowest BCUT2D eigenvalue weighted by Gasteiger charge is -2.01. The van der Waals surface area contributed by atoms with Crippen LogP contribution in [-0.2, 0) is 7.05 Å². The molecule has 0 bridgehead atoms. The number of rotatable bonds is 2. The zero-order valence-corrected chi connectivity index (χ0v) is 10.1. The highest BCUT2D eigenvalue weighted by Gasteiger charge is 2.11. The van der Waals surface area contributed by atoms with Crippen LogP contribution < -0.4 is 0 Å². The van der Waals surface area contributed by atoms with E-state index in [9.17, 15) is 10.1 Å². The van der Waals surface area contributed by atoms with Gasteiger partial charge < -0.3 is 4.57 Å². The molecule has 2 heterocycles. The number of aromatic nitrogens is 3. The van der Waals surface area contributed by atoms with E-state index in [-0.39, 0.29) is 5.69 Å². The molecule has 3 rings (SSSR count). The van der Waals surface area contributed by atoms with E-state index in [2.05, 4.69) is 9.97 Å². The summed E-state index contributed by atoms with van der Waals surface area (Å²) in [6.45, 7) is 0. The number of hydrogen-bond donors (Lipinski definition) is 0. The lowest BCUT2D eigenvalue weighted by atomic mass is 10.2. The van der Waals surface area contributed by atoms with Gasteiger partial charge in [-0.3, -0.25) is 10.1 Å². The van der Waals surface area contributed by atoms with Crippen LogP contribution in [0.4, 0.5) is 5.69 Å². The molecule has 0 amide bonds. The van der Waals surface area contributed by atoms with E-state index in [1.165, 1.54) is 12.1 Å². The fourth-order valence-electron chi connectivity index (χ4n) is 2.02. The quantitative estimate of drug-likeness (QED) is 0.520. The Bertz CT molecular complexity index is 762. The van der Waals surface area contributed by atoms with Gasteiger partial charge in [0.2, 0.25) is 0 Å². The molecular weight excluding hydrogens is 244 g/mol. The average molecular weight is 254 g/mol. The SMILES string of the molecule is Cn1c(-c2ccc([N+](=O)[O-])cc2)nc2ncccc21. The molecule has 1 aromatic carbocycles. The number of non-ortho nitro benzene ring substituents is 1. The van der Waals surface area contributed by atoms with Crippen LogP contribution in [0.1, 0.15) is 0 Å². The van der Waals surface area contributed by atoms with E-state index >= 15 is 0 Å². The standard InChI is InChI=1S/C13H10N4O2/c1-16-11-3-2-8-14-12(11)15-13(16)9-4-6-10(7-5-9)17(18)19/h2-8H,1H3. The van der Waals surface area contributed by atoms with Gasteiger partial charge in [-0.1, -0.05) is 0 Å². The topological polar surface area (TPSA) is 73.8 Å². The normalized spacial score (nSPS) is 10.8. The first-order valence-electron chi connectivity index (χ1n) is 5.69. The zero-order chi connectivity index (χ0) is 13.4. The molecule has 6 nitrogen and oxygen atoms in total. The van der Waals surface area contributed by atoms with Crippen molar-refractivity contribution in [3.63, 3.8) is 0 Å². The van der Waals surface area contributed by atoms with E-state index in [1.807, 2.05) is 23.7 Å². The van der Waals surface area contributed by atoms with Crippen molar-refractivity contribution in [3.8, 4) is 11.4 Å². The molecule has 0 saturated heterocycles. The number of hydrogen-bond acceptors (Lipinski definition) is 4. The Morgan fingerprint density at radius 3 is 2.58 bits per heavy atom. The van der Waals surface area contributed by atoms with E-state index in [4.69, 9.17) is 0 Å². The Kier molecular flexibility index (Phi) is 2.49. The molecule has 0 N–H and O–H groups in total. The van der Waals surface area contributed by atoms with Gasteiger partial charge in [-0.25, -0.2) is 9.97 Å². The summed E-state index contributed by atoms with van der Waals surface area (Å²) in [5.74, 6) is 0.739. The third-order valence-corrected chi connectivity index (χ3v) is 2.99. The molecule has 0 radical (unpaired) electrons. The van der Waals surface area contributed by atoms with Crippen LogP contribution in [0, 0.1) is 10.1 Å². The fraction of sp³-hybridized carbons (Fsp3) is 0.0769. The molecule has 2 aromatic heterocycles. The van der Waals surface area contributed by atoms with Crippen LogP contribution >= 0.6 is 0 Å². The van der Waals surface area contributed by atoms with Crippen molar-refractivity contribution in [2.24, 2.45) is 7.05 Å². The lowest BCUT2D eigenvalue weighted by Crippen LogP contribution is -1.93. The third kappa shape index (κ3) is 1.83. The molecule has 0 unspecified atom stereocenters. The summed E-state index contributed by atoms with van der Waals surface area (Å²) in [5.41, 5.74) is 2.49. The summed E-state index contributed by atoms with van der Waals surface area (Å²) in [5, 5.41) is 10.6. The van der Waals surface area contributed by atoms with E-state index in [1.54, 1.807) is 18.3 Å². The van der Waals surface area contributed by atoms with Gasteiger partial charge in [-0.15, -0.1) is 0 Å². The number of nitro groups is 1. The fourth-order valence-corrected chi connectivity index (χ4v) is 2.02. The molecule has 6 heteroatoms. The predicted octanol–water partition coefficient (Wildman–Crippen LogP) is 2.54. The number of benzene rings is 1. The molecule has 0 fully saturated rings. The minimum atomic E-state index is -0.416. The highest BCUT2D eigenvalue weighted by molar-refractivity contribution is 5.77. The number of fused-ring (bicyclic) bond motifs is 1. The summed E-state index contributed by atoms with van der Waals surface area (Å²) in [4.78, 5) is 18.8. The molecule has 0 aliphatic heterocycles. The van der Waals surface area contributed by atoms with Crippen molar-refractivity contribution >= 4 is 16.9 Å². The van der Waals surface area contributed by atoms with Crippen molar-refractivity contribution in [1.82, 2.24) is 14.5 Å². The molecule has 0 saturated carbocycles. The van der Waals surface area contributed by atoms with Gasteiger partial charge in [0.25, 0.3) is 5.69 Å². The highest BCUT2D eigenvalue weighted by atomic mass is 16.6. The van der Waals surface area contributed by atoms with Crippen molar-refractivity contribution in [2.75, 3.05) is 0 Å². The molecule has 0 atom stereocenters. The minimum absolute atomic E-state index is 0.0700. The lowest BCUT2D eigenvalue weighted by molar-refractivity contribution is -0.384. The second-order valence-corrected chi connectivity index (χ2v) is 4.14. The van der Waals surface area contributed by atoms with Gasteiger partial charge in [-0.2, -0.15) is 0 Å². The highest BCUT2D eigenvalue weighted by Crippen LogP contribution is 2.24. The summed E-state index contributed by atoms with van der Waals surface area (Å²) >= 11 is 0. The van der Waals surface area contributed by atoms with E-state index < -0.39 is 4.92 Å². The number of nitro benzene ring substituents is 1. The third-order valence-electron chi connectivity index (χ3n) is 2.99. The van der Waals surface area contributed by atoms with Gasteiger partial charge in [0.15, 0.2) is 5.65 Å². The Morgan fingerprint density at radius 1 is 1.21 bits per heavy atom. The summed E-state index contributed by atoms with van der Waals surface area (Å²) in [6.07, 6.45) is 1.69. The van der Waals surface area contributed by atoms with Gasteiger partial charge in [0.05, 0.1) is 10.4 Å². The summed E-state index contributed by atoms with van der Waals surface area (Å²) in [7, 11) is 1.90. The van der Waals surface area contributed by atoms with Crippen LogP contribution in [0.3, 0.4) is 0 Å². The molecule has 0 spiro atoms. The number of nitrogens with zero attached hydrogens (tertiary/aromatic N) is 4. The smallest absolute Gasteiger partial charge is 0.269 e. The average Bonchev–Trinajstić information content (AvgIpc) is 2.77. The first-order chi connectivity index (χ1) is 9.16. The number of pyridine rings is 1. The molecule has 94 valence electrons. The zero-order valence-electron chi connectivity index (χ0n) is 10.1. The van der Waals surface area contributed by atoms with Gasteiger partial charge in [-0.05, 0) is 24.3 Å². The largest absolute Gasteiger partial charge is 0.326 e. The van der Waals surface area contributed by atoms with Crippen LogP contribution in [0.15, 0.2) is 42.6 Å². The Balaban J connectivity index is 2.13. The van der Waals surface area contributed by atoms with E-state index in [0.717, 1.165) is 16.9 Å². The Hall–Kier alpha value is -2.76. The van der Waals surface area contributed by atoms with Crippen molar-refractivity contribution in [1.29, 1.82) is 0 Å². The monoisotopic (exact) mass is 254 g/mol. The Morgan fingerprint density at radius 2 is 1.95 bits per heavy atom. The predicted molar refractivity (Wildman–Crippen MR) is 70.6 cm³/mol. The molecule has 0 aliphatic carbocycles. The van der Waals surface area contributed by atoms with Gasteiger partial charge >= 0.3 is 0 Å². The molecular formula is C13H10N4O2. The maximum absolute atomic E-state index is 10.6. The van der Waals surface area contributed by atoms with Crippen LogP contribution in [0.5, 0.6) is 0 Å². The maximum Gasteiger partial charge on any atom is 0.269 e. The minimum Gasteiger partial charge on any atom is -0.326 e. The molecule has 3 aromatic rings.